The number of thiazole rings is 1. The van der Waals surface area contributed by atoms with Gasteiger partial charge in [-0.25, -0.2) is 14.6 Å². The van der Waals surface area contributed by atoms with Crippen LogP contribution in [-0.2, 0) is 0 Å². The molecule has 2 saturated carbocycles. The molecule has 2 aliphatic carbocycles. The third kappa shape index (κ3) is 3.27. The Bertz CT molecular complexity index is 1010. The van der Waals surface area contributed by atoms with Gasteiger partial charge in [0.25, 0.3) is 5.91 Å². The molecule has 1 N–H and O–H groups in total. The van der Waals surface area contributed by atoms with Gasteiger partial charge in [-0.15, -0.1) is 11.3 Å². The number of anilines is 1. The monoisotopic (exact) mass is 379 g/mol. The number of hydrogen-bond donors (Lipinski definition) is 1. The molecule has 2 fully saturated rings. The van der Waals surface area contributed by atoms with Crippen LogP contribution in [0.2, 0.25) is 0 Å². The Morgan fingerprint density at radius 3 is 2.56 bits per heavy atom. The quantitative estimate of drug-likeness (QED) is 0.715. The molecular formula is C20H21N5OS. The second-order valence-corrected chi connectivity index (χ2v) is 8.66. The first-order chi connectivity index (χ1) is 13.1. The van der Waals surface area contributed by atoms with Crippen molar-refractivity contribution in [3.05, 3.63) is 51.4 Å². The number of rotatable bonds is 5. The van der Waals surface area contributed by atoms with E-state index in [4.69, 9.17) is 5.10 Å². The summed E-state index contributed by atoms with van der Waals surface area (Å²) in [6.45, 7) is 3.76. The Labute approximate surface area is 161 Å². The molecule has 138 valence electrons. The molecule has 0 unspecified atom stereocenters. The van der Waals surface area contributed by atoms with E-state index in [1.807, 2.05) is 30.7 Å². The van der Waals surface area contributed by atoms with Gasteiger partial charge in [0.15, 0.2) is 5.82 Å². The molecule has 1 amide bonds. The van der Waals surface area contributed by atoms with Crippen LogP contribution < -0.4 is 5.32 Å². The van der Waals surface area contributed by atoms with E-state index in [0.29, 0.717) is 22.4 Å². The first-order valence-electron chi connectivity index (χ1n) is 9.40. The molecule has 0 spiro atoms. The van der Waals surface area contributed by atoms with Gasteiger partial charge < -0.3 is 5.32 Å². The summed E-state index contributed by atoms with van der Waals surface area (Å²) >= 11 is 1.41. The van der Waals surface area contributed by atoms with Crippen LogP contribution in [0.3, 0.4) is 0 Å². The predicted octanol–water partition coefficient (Wildman–Crippen LogP) is 4.35. The van der Waals surface area contributed by atoms with Crippen LogP contribution in [0, 0.1) is 13.8 Å². The minimum Gasteiger partial charge on any atom is -0.320 e. The third-order valence-corrected chi connectivity index (χ3v) is 6.15. The summed E-state index contributed by atoms with van der Waals surface area (Å²) in [5, 5.41) is 8.62. The Hall–Kier alpha value is -2.54. The first kappa shape index (κ1) is 16.6. The highest BCUT2D eigenvalue weighted by molar-refractivity contribution is 7.13. The highest BCUT2D eigenvalue weighted by atomic mass is 32.1. The van der Waals surface area contributed by atoms with Gasteiger partial charge in [-0.05, 0) is 57.7 Å². The molecule has 0 atom stereocenters. The fourth-order valence-electron chi connectivity index (χ4n) is 3.36. The number of carbonyl (C=O) groups is 1. The van der Waals surface area contributed by atoms with Crippen molar-refractivity contribution in [1.29, 1.82) is 0 Å². The summed E-state index contributed by atoms with van der Waals surface area (Å²) in [5.74, 6) is 1.92. The van der Waals surface area contributed by atoms with Crippen molar-refractivity contribution in [2.24, 2.45) is 0 Å². The Kier molecular flexibility index (Phi) is 3.86. The highest BCUT2D eigenvalue weighted by Gasteiger charge is 2.33. The summed E-state index contributed by atoms with van der Waals surface area (Å²) in [4.78, 5) is 22.0. The highest BCUT2D eigenvalue weighted by Crippen LogP contribution is 2.45. The van der Waals surface area contributed by atoms with Crippen molar-refractivity contribution in [3.8, 4) is 5.82 Å². The van der Waals surface area contributed by atoms with E-state index >= 15 is 0 Å². The van der Waals surface area contributed by atoms with Crippen LogP contribution in [0.5, 0.6) is 0 Å². The normalized spacial score (nSPS) is 16.5. The predicted molar refractivity (Wildman–Crippen MR) is 105 cm³/mol. The molecule has 2 aliphatic rings. The third-order valence-electron chi connectivity index (χ3n) is 5.08. The van der Waals surface area contributed by atoms with E-state index < -0.39 is 0 Å². The molecule has 0 saturated heterocycles. The van der Waals surface area contributed by atoms with Gasteiger partial charge in [-0.2, -0.15) is 5.10 Å². The minimum atomic E-state index is -0.138. The van der Waals surface area contributed by atoms with Crippen LogP contribution in [0.25, 0.3) is 5.82 Å². The van der Waals surface area contributed by atoms with Gasteiger partial charge in [0.1, 0.15) is 4.88 Å². The molecule has 0 bridgehead atoms. The molecule has 5 rings (SSSR count). The fraction of sp³-hybridized carbons (Fsp3) is 0.400. The van der Waals surface area contributed by atoms with Gasteiger partial charge in [0.05, 0.1) is 28.3 Å². The molecule has 7 heteroatoms. The lowest BCUT2D eigenvalue weighted by atomic mass is 10.2. The smallest absolute Gasteiger partial charge is 0.267 e. The van der Waals surface area contributed by atoms with E-state index in [1.165, 1.54) is 48.4 Å². The van der Waals surface area contributed by atoms with Crippen molar-refractivity contribution in [2.45, 2.75) is 51.4 Å². The number of aromatic nitrogens is 4. The molecule has 0 aromatic carbocycles. The Morgan fingerprint density at radius 1 is 1.19 bits per heavy atom. The number of amides is 1. The number of aryl methyl sites for hydroxylation is 2. The summed E-state index contributed by atoms with van der Waals surface area (Å²) in [5.41, 5.74) is 3.92. The molecule has 6 nitrogen and oxygen atoms in total. The molecule has 3 heterocycles. The SMILES string of the molecule is Cc1nc(C)c(C(=O)Nc2ccc(-n3nc(C4CC4)cc3C3CC3)nc2)s1. The zero-order valence-electron chi connectivity index (χ0n) is 15.4. The van der Waals surface area contributed by atoms with Crippen molar-refractivity contribution in [1.82, 2.24) is 19.7 Å². The van der Waals surface area contributed by atoms with E-state index in [1.54, 1.807) is 6.20 Å². The minimum absolute atomic E-state index is 0.138. The average molecular weight is 379 g/mol. The number of nitrogens with zero attached hydrogens (tertiary/aromatic N) is 4. The zero-order valence-corrected chi connectivity index (χ0v) is 16.2. The Balaban J connectivity index is 1.37. The van der Waals surface area contributed by atoms with E-state index in [-0.39, 0.29) is 5.91 Å². The molecule has 3 aromatic heterocycles. The summed E-state index contributed by atoms with van der Waals surface area (Å²) < 4.78 is 1.99. The molecule has 0 aliphatic heterocycles. The largest absolute Gasteiger partial charge is 0.320 e. The van der Waals surface area contributed by atoms with Gasteiger partial charge >= 0.3 is 0 Å². The molecule has 27 heavy (non-hydrogen) atoms. The van der Waals surface area contributed by atoms with Crippen molar-refractivity contribution in [2.75, 3.05) is 5.32 Å². The van der Waals surface area contributed by atoms with Crippen LogP contribution in [0.1, 0.15) is 69.3 Å². The standard InChI is InChI=1S/C20H21N5OS/c1-11-19(27-12(2)22-11)20(26)23-15-7-8-18(21-10-15)25-17(14-5-6-14)9-16(24-25)13-3-4-13/h7-10,13-14H,3-6H2,1-2H3,(H,23,26). The average Bonchev–Trinajstić information content (AvgIpc) is 3.58. The maximum atomic E-state index is 12.5. The van der Waals surface area contributed by atoms with E-state index in [2.05, 4.69) is 21.4 Å². The van der Waals surface area contributed by atoms with Crippen molar-refractivity contribution < 1.29 is 4.79 Å². The summed E-state index contributed by atoms with van der Waals surface area (Å²) in [6, 6.07) is 6.08. The Morgan fingerprint density at radius 2 is 1.96 bits per heavy atom. The lowest BCUT2D eigenvalue weighted by Gasteiger charge is -2.08. The number of carbonyl (C=O) groups excluding carboxylic acids is 1. The summed E-state index contributed by atoms with van der Waals surface area (Å²) in [6.07, 6.45) is 6.66. The lowest BCUT2D eigenvalue weighted by molar-refractivity contribution is 0.103. The van der Waals surface area contributed by atoms with Gasteiger partial charge in [-0.3, -0.25) is 4.79 Å². The molecular weight excluding hydrogens is 358 g/mol. The molecule has 3 aromatic rings. The van der Waals surface area contributed by atoms with Gasteiger partial charge in [0.2, 0.25) is 0 Å². The van der Waals surface area contributed by atoms with E-state index in [0.717, 1.165) is 16.5 Å². The van der Waals surface area contributed by atoms with Crippen LogP contribution in [0.4, 0.5) is 5.69 Å². The first-order valence-corrected chi connectivity index (χ1v) is 10.2. The second kappa shape index (κ2) is 6.27. The van der Waals surface area contributed by atoms with Crippen LogP contribution in [-0.4, -0.2) is 25.7 Å². The zero-order chi connectivity index (χ0) is 18.5. The van der Waals surface area contributed by atoms with Crippen molar-refractivity contribution >= 4 is 22.9 Å². The van der Waals surface area contributed by atoms with Crippen LogP contribution in [0.15, 0.2) is 24.4 Å². The number of hydrogen-bond acceptors (Lipinski definition) is 5. The fourth-order valence-corrected chi connectivity index (χ4v) is 4.18. The second-order valence-electron chi connectivity index (χ2n) is 7.46. The maximum Gasteiger partial charge on any atom is 0.267 e. The van der Waals surface area contributed by atoms with Gasteiger partial charge in [0, 0.05) is 17.5 Å². The van der Waals surface area contributed by atoms with Crippen molar-refractivity contribution in [3.63, 3.8) is 0 Å². The molecule has 0 radical (unpaired) electrons. The van der Waals surface area contributed by atoms with Crippen LogP contribution >= 0.6 is 11.3 Å². The number of pyridine rings is 1. The lowest BCUT2D eigenvalue weighted by Crippen LogP contribution is -2.12. The van der Waals surface area contributed by atoms with E-state index in [9.17, 15) is 4.79 Å². The topological polar surface area (TPSA) is 72.7 Å². The maximum absolute atomic E-state index is 12.5. The van der Waals surface area contributed by atoms with Gasteiger partial charge in [-0.1, -0.05) is 0 Å². The number of nitrogens with one attached hydrogen (secondary N) is 1. The summed E-state index contributed by atoms with van der Waals surface area (Å²) in [7, 11) is 0.